The summed E-state index contributed by atoms with van der Waals surface area (Å²) in [7, 11) is 0. The summed E-state index contributed by atoms with van der Waals surface area (Å²) in [6, 6.07) is 8.62. The predicted molar refractivity (Wildman–Crippen MR) is 80.5 cm³/mol. The number of rotatable bonds is 3. The molecule has 1 fully saturated rings. The molecule has 0 heterocycles. The first-order valence-electron chi connectivity index (χ1n) is 7.84. The van der Waals surface area contributed by atoms with Gasteiger partial charge in [-0.25, -0.2) is 0 Å². The molecule has 1 atom stereocenters. The van der Waals surface area contributed by atoms with Crippen molar-refractivity contribution < 1.29 is 4.79 Å². The number of hydrogen-bond donors (Lipinski definition) is 2. The summed E-state index contributed by atoms with van der Waals surface area (Å²) in [5.41, 5.74) is 8.46. The lowest BCUT2D eigenvalue weighted by Gasteiger charge is -2.28. The molecule has 0 aromatic heterocycles. The fourth-order valence-corrected chi connectivity index (χ4v) is 3.69. The summed E-state index contributed by atoms with van der Waals surface area (Å²) in [4.78, 5) is 12.3. The number of carbonyl (C=O) groups excluding carboxylic acids is 1. The zero-order chi connectivity index (χ0) is 14.0. The maximum atomic E-state index is 12.3. The minimum atomic E-state index is -0.603. The van der Waals surface area contributed by atoms with E-state index in [1.165, 1.54) is 24.0 Å². The first kappa shape index (κ1) is 13.6. The summed E-state index contributed by atoms with van der Waals surface area (Å²) < 4.78 is 0. The van der Waals surface area contributed by atoms with E-state index < -0.39 is 5.54 Å². The molecule has 1 aromatic carbocycles. The van der Waals surface area contributed by atoms with Crippen molar-refractivity contribution in [2.45, 2.75) is 56.4 Å². The van der Waals surface area contributed by atoms with Gasteiger partial charge in [-0.15, -0.1) is 0 Å². The fourth-order valence-electron chi connectivity index (χ4n) is 3.69. The lowest BCUT2D eigenvalue weighted by atomic mass is 9.82. The van der Waals surface area contributed by atoms with Gasteiger partial charge in [-0.3, -0.25) is 4.79 Å². The van der Waals surface area contributed by atoms with Crippen LogP contribution in [-0.4, -0.2) is 18.0 Å². The summed E-state index contributed by atoms with van der Waals surface area (Å²) in [6.07, 6.45) is 7.37. The van der Waals surface area contributed by atoms with Crippen molar-refractivity contribution in [3.05, 3.63) is 35.4 Å². The van der Waals surface area contributed by atoms with Gasteiger partial charge in [-0.2, -0.15) is 0 Å². The zero-order valence-corrected chi connectivity index (χ0v) is 12.0. The Kier molecular flexibility index (Phi) is 3.79. The molecule has 2 aliphatic rings. The number of fused-ring (bicyclic) bond motifs is 1. The Hall–Kier alpha value is -1.35. The van der Waals surface area contributed by atoms with Crippen LogP contribution < -0.4 is 11.1 Å². The highest BCUT2D eigenvalue weighted by Gasteiger charge is 2.37. The zero-order valence-electron chi connectivity index (χ0n) is 12.0. The van der Waals surface area contributed by atoms with Gasteiger partial charge in [0.05, 0.1) is 5.54 Å². The minimum absolute atomic E-state index is 0.0538. The first-order valence-corrected chi connectivity index (χ1v) is 7.84. The average molecular weight is 272 g/mol. The molecular formula is C17H24N2O. The number of amides is 1. The molecule has 0 spiro atoms. The number of aryl methyl sites for hydroxylation is 1. The van der Waals surface area contributed by atoms with Crippen molar-refractivity contribution in [1.82, 2.24) is 5.32 Å². The number of carbonyl (C=O) groups is 1. The largest absolute Gasteiger partial charge is 0.354 e. The van der Waals surface area contributed by atoms with E-state index in [0.717, 1.165) is 38.6 Å². The SMILES string of the molecule is NC1(C(=O)NCC2CCCc3ccccc32)CCCC1. The van der Waals surface area contributed by atoms with Gasteiger partial charge >= 0.3 is 0 Å². The van der Waals surface area contributed by atoms with Gasteiger partial charge in [0.15, 0.2) is 0 Å². The van der Waals surface area contributed by atoms with Crippen LogP contribution in [0.4, 0.5) is 0 Å². The van der Waals surface area contributed by atoms with Crippen LogP contribution in [-0.2, 0) is 11.2 Å². The van der Waals surface area contributed by atoms with E-state index in [0.29, 0.717) is 5.92 Å². The van der Waals surface area contributed by atoms with Crippen molar-refractivity contribution in [3.8, 4) is 0 Å². The van der Waals surface area contributed by atoms with E-state index in [4.69, 9.17) is 5.73 Å². The number of nitrogens with two attached hydrogens (primary N) is 1. The molecule has 3 nitrogen and oxygen atoms in total. The van der Waals surface area contributed by atoms with Crippen LogP contribution in [0.25, 0.3) is 0 Å². The Morgan fingerprint density at radius 1 is 1.25 bits per heavy atom. The van der Waals surface area contributed by atoms with Crippen molar-refractivity contribution in [1.29, 1.82) is 0 Å². The van der Waals surface area contributed by atoms with Gasteiger partial charge in [0.1, 0.15) is 0 Å². The number of nitrogens with one attached hydrogen (secondary N) is 1. The quantitative estimate of drug-likeness (QED) is 0.888. The summed E-state index contributed by atoms with van der Waals surface area (Å²) in [5, 5.41) is 3.11. The Balaban J connectivity index is 1.63. The molecule has 0 radical (unpaired) electrons. The van der Waals surface area contributed by atoms with Gasteiger partial charge in [-0.05, 0) is 43.2 Å². The molecule has 1 unspecified atom stereocenters. The van der Waals surface area contributed by atoms with Crippen LogP contribution >= 0.6 is 0 Å². The van der Waals surface area contributed by atoms with E-state index >= 15 is 0 Å². The van der Waals surface area contributed by atoms with Crippen LogP contribution in [0.2, 0.25) is 0 Å². The standard InChI is InChI=1S/C17H24N2O/c18-17(10-3-4-11-17)16(20)19-12-14-8-5-7-13-6-1-2-9-15(13)14/h1-2,6,9,14H,3-5,7-8,10-12,18H2,(H,19,20). The second-order valence-electron chi connectivity index (χ2n) is 6.36. The Morgan fingerprint density at radius 2 is 2.00 bits per heavy atom. The second-order valence-corrected chi connectivity index (χ2v) is 6.36. The summed E-state index contributed by atoms with van der Waals surface area (Å²) >= 11 is 0. The smallest absolute Gasteiger partial charge is 0.240 e. The van der Waals surface area contributed by atoms with E-state index in [1.54, 1.807) is 0 Å². The molecule has 3 N–H and O–H groups in total. The maximum absolute atomic E-state index is 12.3. The second kappa shape index (κ2) is 5.57. The first-order chi connectivity index (χ1) is 9.69. The molecule has 3 heteroatoms. The highest BCUT2D eigenvalue weighted by molar-refractivity contribution is 5.86. The third-order valence-electron chi connectivity index (χ3n) is 4.95. The van der Waals surface area contributed by atoms with Gasteiger partial charge in [0.2, 0.25) is 5.91 Å². The minimum Gasteiger partial charge on any atom is -0.354 e. The monoisotopic (exact) mass is 272 g/mol. The Bertz CT molecular complexity index is 492. The molecule has 20 heavy (non-hydrogen) atoms. The molecule has 0 aliphatic heterocycles. The Labute approximate surface area is 120 Å². The maximum Gasteiger partial charge on any atom is 0.240 e. The molecule has 2 aliphatic carbocycles. The summed E-state index contributed by atoms with van der Waals surface area (Å²) in [6.45, 7) is 0.731. The molecular weight excluding hydrogens is 248 g/mol. The Morgan fingerprint density at radius 3 is 2.80 bits per heavy atom. The van der Waals surface area contributed by atoms with Crippen LogP contribution in [0.15, 0.2) is 24.3 Å². The highest BCUT2D eigenvalue weighted by atomic mass is 16.2. The normalized spacial score (nSPS) is 24.1. The average Bonchev–Trinajstić information content (AvgIpc) is 2.93. The van der Waals surface area contributed by atoms with Crippen molar-refractivity contribution in [3.63, 3.8) is 0 Å². The molecule has 3 rings (SSSR count). The van der Waals surface area contributed by atoms with Crippen molar-refractivity contribution >= 4 is 5.91 Å². The lowest BCUT2D eigenvalue weighted by molar-refractivity contribution is -0.126. The van der Waals surface area contributed by atoms with Gasteiger partial charge in [-0.1, -0.05) is 37.1 Å². The lowest BCUT2D eigenvalue weighted by Crippen LogP contribution is -2.52. The molecule has 1 saturated carbocycles. The molecule has 1 amide bonds. The van der Waals surface area contributed by atoms with Crippen LogP contribution in [0.1, 0.15) is 55.6 Å². The van der Waals surface area contributed by atoms with Crippen LogP contribution in [0, 0.1) is 0 Å². The van der Waals surface area contributed by atoms with E-state index in [2.05, 4.69) is 29.6 Å². The van der Waals surface area contributed by atoms with Crippen LogP contribution in [0.5, 0.6) is 0 Å². The third-order valence-corrected chi connectivity index (χ3v) is 4.95. The van der Waals surface area contributed by atoms with E-state index in [9.17, 15) is 4.79 Å². The number of hydrogen-bond acceptors (Lipinski definition) is 2. The highest BCUT2D eigenvalue weighted by Crippen LogP contribution is 2.31. The fraction of sp³-hybridized carbons (Fsp3) is 0.588. The topological polar surface area (TPSA) is 55.1 Å². The molecule has 0 bridgehead atoms. The molecule has 1 aromatic rings. The summed E-state index contributed by atoms with van der Waals surface area (Å²) in [5.74, 6) is 0.506. The van der Waals surface area contributed by atoms with Crippen LogP contribution in [0.3, 0.4) is 0 Å². The van der Waals surface area contributed by atoms with Crippen molar-refractivity contribution in [2.24, 2.45) is 5.73 Å². The van der Waals surface area contributed by atoms with Gasteiger partial charge in [0.25, 0.3) is 0 Å². The van der Waals surface area contributed by atoms with Gasteiger partial charge in [0, 0.05) is 12.5 Å². The predicted octanol–water partition coefficient (Wildman–Crippen LogP) is 2.49. The van der Waals surface area contributed by atoms with E-state index in [-0.39, 0.29) is 5.91 Å². The molecule has 108 valence electrons. The van der Waals surface area contributed by atoms with E-state index in [1.807, 2.05) is 0 Å². The molecule has 0 saturated heterocycles. The van der Waals surface area contributed by atoms with Gasteiger partial charge < -0.3 is 11.1 Å². The third kappa shape index (κ3) is 2.59. The van der Waals surface area contributed by atoms with Crippen molar-refractivity contribution in [2.75, 3.05) is 6.54 Å². The number of benzene rings is 1.